The molecule has 0 aromatic heterocycles. The molecule has 1 atom stereocenters. The number of rotatable bonds is 2. The smallest absolute Gasteiger partial charge is 0.268 e. The first-order valence-corrected chi connectivity index (χ1v) is 6.70. The lowest BCUT2D eigenvalue weighted by atomic mass is 10.4. The van der Waals surface area contributed by atoms with Crippen molar-refractivity contribution in [2.75, 3.05) is 6.17 Å². The second-order valence-corrected chi connectivity index (χ2v) is 7.17. The summed E-state index contributed by atoms with van der Waals surface area (Å²) in [5, 5.41) is 6.81. The summed E-state index contributed by atoms with van der Waals surface area (Å²) < 4.78 is 0. The highest BCUT2D eigenvalue weighted by molar-refractivity contribution is 7.25. The Bertz CT molecular complexity index is 225. The van der Waals surface area contributed by atoms with Gasteiger partial charge in [0.05, 0.1) is 0 Å². The molecule has 1 rings (SSSR count). The molecule has 0 aliphatic heterocycles. The van der Waals surface area contributed by atoms with Gasteiger partial charge < -0.3 is 11.1 Å². The Kier molecular flexibility index (Phi) is 2.67. The topological polar surface area (TPSA) is 52.0 Å². The second-order valence-electron chi connectivity index (χ2n) is 2.43. The molecule has 0 heterocycles. The molecule has 1 aromatic carbocycles. The van der Waals surface area contributed by atoms with Gasteiger partial charge in [-0.3, -0.25) is 0 Å². The molecule has 0 amide bonds. The number of hydrogen-bond donors (Lipinski definition) is 2. The lowest BCUT2D eigenvalue weighted by Crippen LogP contribution is -2.58. The summed E-state index contributed by atoms with van der Waals surface area (Å²) in [4.78, 5) is 0. The summed E-state index contributed by atoms with van der Waals surface area (Å²) in [5.41, 5.74) is 5.44. The molecule has 60 valence electrons. The van der Waals surface area contributed by atoms with Crippen molar-refractivity contribution < 1.29 is 0 Å². The third-order valence-electron chi connectivity index (χ3n) is 1.55. The Hall–Kier alpha value is -0.353. The molecular weight excluding hydrogens is 176 g/mol. The first-order valence-electron chi connectivity index (χ1n) is 3.40. The largest absolute Gasteiger partial charge is 0.335 e. The summed E-state index contributed by atoms with van der Waals surface area (Å²) in [6, 6.07) is 9.61. The van der Waals surface area contributed by atoms with Gasteiger partial charge in [-0.15, -0.1) is 11.1 Å². The molecule has 0 saturated heterocycles. The maximum atomic E-state index is 6.04. The van der Waals surface area contributed by atoms with Crippen molar-refractivity contribution in [2.24, 2.45) is 11.1 Å². The van der Waals surface area contributed by atoms with E-state index in [-0.39, 0.29) is 0 Å². The quantitative estimate of drug-likeness (QED) is 0.506. The fraction of sp³-hybridized carbons (Fsp3) is 0.143. The van der Waals surface area contributed by atoms with Gasteiger partial charge >= 0.3 is 0 Å². The van der Waals surface area contributed by atoms with Gasteiger partial charge in [-0.1, -0.05) is 30.3 Å². The number of benzene rings is 1. The lowest BCUT2D eigenvalue weighted by Gasteiger charge is -2.15. The highest BCUT2D eigenvalue weighted by Gasteiger charge is 2.25. The molecule has 0 aliphatic carbocycles. The van der Waals surface area contributed by atoms with E-state index < -0.39 is 7.55 Å². The van der Waals surface area contributed by atoms with E-state index in [0.717, 1.165) is 5.19 Å². The van der Waals surface area contributed by atoms with Crippen molar-refractivity contribution >= 4 is 23.8 Å². The van der Waals surface area contributed by atoms with Crippen LogP contribution in [0.4, 0.5) is 0 Å². The van der Waals surface area contributed by atoms with Gasteiger partial charge in [0.1, 0.15) is 0 Å². The molecule has 0 fully saturated rings. The first-order chi connectivity index (χ1) is 5.17. The fourth-order valence-corrected chi connectivity index (χ4v) is 2.19. The highest BCUT2D eigenvalue weighted by Crippen LogP contribution is 1.98. The van der Waals surface area contributed by atoms with E-state index in [9.17, 15) is 0 Å². The molecule has 0 saturated carbocycles. The third-order valence-corrected chi connectivity index (χ3v) is 4.56. The normalized spacial score (nSPS) is 15.9. The molecular formula is C7H11ClN2Si. The zero-order chi connectivity index (χ0) is 8.32. The third kappa shape index (κ3) is 2.04. The van der Waals surface area contributed by atoms with Crippen LogP contribution in [0.15, 0.2) is 30.3 Å². The Morgan fingerprint density at radius 1 is 1.27 bits per heavy atom. The van der Waals surface area contributed by atoms with Gasteiger partial charge in [0.15, 0.2) is 0 Å². The zero-order valence-corrected chi connectivity index (χ0v) is 7.88. The monoisotopic (exact) mass is 186 g/mol. The van der Waals surface area contributed by atoms with Crippen LogP contribution >= 0.6 is 11.1 Å². The molecule has 2 nitrogen and oxygen atoms in total. The van der Waals surface area contributed by atoms with Crippen LogP contribution in [-0.4, -0.2) is 13.7 Å². The van der Waals surface area contributed by atoms with Crippen molar-refractivity contribution in [1.82, 2.24) is 0 Å². The van der Waals surface area contributed by atoms with Gasteiger partial charge in [0, 0.05) is 6.17 Å². The molecule has 1 unspecified atom stereocenters. The second kappa shape index (κ2) is 3.36. The zero-order valence-electron chi connectivity index (χ0n) is 6.13. The summed E-state index contributed by atoms with van der Waals surface area (Å²) >= 11 is 6.04. The van der Waals surface area contributed by atoms with Crippen LogP contribution in [0.1, 0.15) is 0 Å². The van der Waals surface area contributed by atoms with Crippen LogP contribution in [-0.2, 0) is 0 Å². The molecule has 0 radical (unpaired) electrons. The summed E-state index contributed by atoms with van der Waals surface area (Å²) in [7, 11) is -2.30. The highest BCUT2D eigenvalue weighted by atomic mass is 35.6. The van der Waals surface area contributed by atoms with Gasteiger partial charge in [0.2, 0.25) is 0 Å². The first kappa shape index (κ1) is 8.74. The van der Waals surface area contributed by atoms with Crippen molar-refractivity contribution in [3.8, 4) is 0 Å². The Labute approximate surface area is 71.9 Å². The predicted octanol–water partition coefficient (Wildman–Crippen LogP) is 0.0312. The van der Waals surface area contributed by atoms with Crippen molar-refractivity contribution in [2.45, 2.75) is 0 Å². The van der Waals surface area contributed by atoms with Crippen molar-refractivity contribution in [3.63, 3.8) is 0 Å². The maximum Gasteiger partial charge on any atom is 0.268 e. The van der Waals surface area contributed by atoms with E-state index >= 15 is 0 Å². The Morgan fingerprint density at radius 2 is 1.82 bits per heavy atom. The standard InChI is InChI=1S/C7H11ClN2Si/c8-11(10,6-9)7-4-2-1-3-5-7/h1-5H,6,9-10H2. The summed E-state index contributed by atoms with van der Waals surface area (Å²) in [5.74, 6) is 0. The molecule has 0 bridgehead atoms. The van der Waals surface area contributed by atoms with Crippen molar-refractivity contribution in [3.05, 3.63) is 30.3 Å². The van der Waals surface area contributed by atoms with Crippen LogP contribution in [0.5, 0.6) is 0 Å². The Morgan fingerprint density at radius 3 is 2.27 bits per heavy atom. The van der Waals surface area contributed by atoms with Gasteiger partial charge in [-0.25, -0.2) is 0 Å². The van der Waals surface area contributed by atoms with Crippen LogP contribution in [0.3, 0.4) is 0 Å². The average Bonchev–Trinajstić information content (AvgIpc) is 2.06. The summed E-state index contributed by atoms with van der Waals surface area (Å²) in [6.07, 6.45) is 0.374. The number of nitrogens with two attached hydrogens (primary N) is 2. The minimum atomic E-state index is -2.30. The van der Waals surface area contributed by atoms with E-state index in [0.29, 0.717) is 6.17 Å². The molecule has 4 heteroatoms. The van der Waals surface area contributed by atoms with Gasteiger partial charge in [-0.05, 0) is 5.19 Å². The van der Waals surface area contributed by atoms with E-state index in [1.165, 1.54) is 0 Å². The predicted molar refractivity (Wildman–Crippen MR) is 50.9 cm³/mol. The lowest BCUT2D eigenvalue weighted by molar-refractivity contribution is 1.32. The van der Waals surface area contributed by atoms with Crippen LogP contribution in [0.25, 0.3) is 0 Å². The summed E-state index contributed by atoms with van der Waals surface area (Å²) in [6.45, 7) is 0. The average molecular weight is 187 g/mol. The Balaban J connectivity index is 2.93. The van der Waals surface area contributed by atoms with Crippen LogP contribution < -0.4 is 16.3 Å². The van der Waals surface area contributed by atoms with E-state index in [1.807, 2.05) is 30.3 Å². The SMILES string of the molecule is NC[Si](N)(Cl)c1ccccc1. The van der Waals surface area contributed by atoms with E-state index in [2.05, 4.69) is 0 Å². The fourth-order valence-electron chi connectivity index (χ4n) is 0.833. The minimum Gasteiger partial charge on any atom is -0.335 e. The van der Waals surface area contributed by atoms with Crippen LogP contribution in [0.2, 0.25) is 0 Å². The maximum absolute atomic E-state index is 6.04. The molecule has 4 N–H and O–H groups in total. The molecule has 11 heavy (non-hydrogen) atoms. The van der Waals surface area contributed by atoms with Gasteiger partial charge in [-0.2, -0.15) is 0 Å². The van der Waals surface area contributed by atoms with Crippen molar-refractivity contribution in [1.29, 1.82) is 0 Å². The van der Waals surface area contributed by atoms with E-state index in [4.69, 9.17) is 22.2 Å². The molecule has 0 aliphatic rings. The number of halogens is 1. The van der Waals surface area contributed by atoms with Gasteiger partial charge in [0.25, 0.3) is 7.55 Å². The molecule has 0 spiro atoms. The van der Waals surface area contributed by atoms with E-state index in [1.54, 1.807) is 0 Å². The molecule has 1 aromatic rings. The minimum absolute atomic E-state index is 0.374. The number of hydrogen-bond acceptors (Lipinski definition) is 2. The van der Waals surface area contributed by atoms with Crippen LogP contribution in [0, 0.1) is 0 Å².